The van der Waals surface area contributed by atoms with Gasteiger partial charge in [-0.2, -0.15) is 0 Å². The second-order valence-electron chi connectivity index (χ2n) is 6.32. The molecule has 0 aliphatic heterocycles. The summed E-state index contributed by atoms with van der Waals surface area (Å²) in [6.07, 6.45) is 18.3. The number of allylic oxidation sites excluding steroid dienone is 5. The van der Waals surface area contributed by atoms with Crippen molar-refractivity contribution in [2.75, 3.05) is 0 Å². The van der Waals surface area contributed by atoms with E-state index >= 15 is 0 Å². The van der Waals surface area contributed by atoms with Crippen molar-refractivity contribution in [2.45, 2.75) is 64.7 Å². The summed E-state index contributed by atoms with van der Waals surface area (Å²) in [5, 5.41) is 9.56. The highest BCUT2D eigenvalue weighted by molar-refractivity contribution is 9.11. The quantitative estimate of drug-likeness (QED) is 0.573. The van der Waals surface area contributed by atoms with E-state index in [0.29, 0.717) is 5.76 Å². The van der Waals surface area contributed by atoms with Crippen LogP contribution in [0.5, 0.6) is 0 Å². The summed E-state index contributed by atoms with van der Waals surface area (Å²) in [5.74, 6) is 2.10. The Hall–Kier alpha value is -0.500. The van der Waals surface area contributed by atoms with Crippen LogP contribution in [0.4, 0.5) is 0 Å². The molecule has 0 spiro atoms. The Kier molecular flexibility index (Phi) is 6.41. The average Bonchev–Trinajstić information content (AvgIpc) is 2.45. The molecule has 0 aromatic rings. The van der Waals surface area contributed by atoms with Crippen LogP contribution in [0, 0.1) is 11.8 Å². The summed E-state index contributed by atoms with van der Waals surface area (Å²) in [7, 11) is 0. The zero-order valence-corrected chi connectivity index (χ0v) is 14.2. The third-order valence-electron chi connectivity index (χ3n) is 4.65. The normalized spacial score (nSPS) is 29.2. The number of aliphatic hydroxyl groups excluding tert-OH is 1. The fourth-order valence-corrected chi connectivity index (χ4v) is 3.80. The van der Waals surface area contributed by atoms with Gasteiger partial charge in [-0.05, 0) is 49.2 Å². The average molecular weight is 339 g/mol. The maximum absolute atomic E-state index is 9.56. The number of hydrogen-bond donors (Lipinski definition) is 1. The molecule has 20 heavy (non-hydrogen) atoms. The molecule has 1 fully saturated rings. The predicted molar refractivity (Wildman–Crippen MR) is 90.0 cm³/mol. The number of unbranched alkanes of at least 4 members (excludes halogenated alkanes) is 2. The van der Waals surface area contributed by atoms with Crippen LogP contribution in [0.3, 0.4) is 0 Å². The molecule has 1 saturated carbocycles. The molecule has 2 heteroatoms. The fourth-order valence-electron chi connectivity index (χ4n) is 3.35. The summed E-state index contributed by atoms with van der Waals surface area (Å²) in [6, 6.07) is 0. The molecule has 0 amide bonds. The lowest BCUT2D eigenvalue weighted by atomic mass is 9.79. The highest BCUT2D eigenvalue weighted by Crippen LogP contribution is 2.35. The first kappa shape index (κ1) is 15.9. The predicted octanol–water partition coefficient (Wildman–Crippen LogP) is 6.42. The highest BCUT2D eigenvalue weighted by Gasteiger charge is 2.20. The molecule has 1 nitrogen and oxygen atoms in total. The van der Waals surface area contributed by atoms with E-state index in [9.17, 15) is 5.11 Å². The first-order chi connectivity index (χ1) is 9.69. The lowest BCUT2D eigenvalue weighted by Gasteiger charge is -2.27. The Morgan fingerprint density at radius 1 is 1.20 bits per heavy atom. The first-order valence-corrected chi connectivity index (χ1v) is 8.94. The molecule has 0 radical (unpaired) electrons. The van der Waals surface area contributed by atoms with E-state index in [1.54, 1.807) is 6.08 Å². The summed E-state index contributed by atoms with van der Waals surface area (Å²) in [4.78, 5) is 0. The maximum Gasteiger partial charge on any atom is 0.126 e. The Morgan fingerprint density at radius 3 is 2.60 bits per heavy atom. The highest BCUT2D eigenvalue weighted by atomic mass is 79.9. The van der Waals surface area contributed by atoms with Crippen molar-refractivity contribution in [3.05, 3.63) is 34.0 Å². The van der Waals surface area contributed by atoms with E-state index in [1.165, 1.54) is 56.9 Å². The molecular formula is C18H27BrO. The first-order valence-electron chi connectivity index (χ1n) is 8.15. The van der Waals surface area contributed by atoms with E-state index in [0.717, 1.165) is 22.7 Å². The zero-order valence-electron chi connectivity index (χ0n) is 12.6. The van der Waals surface area contributed by atoms with Crippen molar-refractivity contribution in [1.82, 2.24) is 0 Å². The minimum absolute atomic E-state index is 0.377. The number of halogens is 1. The molecule has 0 heterocycles. The van der Waals surface area contributed by atoms with Gasteiger partial charge in [-0.15, -0.1) is 0 Å². The van der Waals surface area contributed by atoms with Crippen LogP contribution >= 0.6 is 15.9 Å². The third kappa shape index (κ3) is 4.80. The van der Waals surface area contributed by atoms with Gasteiger partial charge in [0.15, 0.2) is 0 Å². The topological polar surface area (TPSA) is 20.2 Å². The summed E-state index contributed by atoms with van der Waals surface area (Å²) in [5.41, 5.74) is 1.35. The largest absolute Gasteiger partial charge is 0.507 e. The van der Waals surface area contributed by atoms with Crippen LogP contribution in [-0.2, 0) is 0 Å². The van der Waals surface area contributed by atoms with E-state index in [1.807, 2.05) is 0 Å². The standard InChI is InChI=1S/C18H27BrO/c1-2-3-4-5-14-6-8-15(9-7-14)12-16-10-11-18(20)17(19)13-16/h10-12,14-15,20H,2-9,13H2,1H3. The molecule has 0 unspecified atom stereocenters. The third-order valence-corrected chi connectivity index (χ3v) is 5.34. The van der Waals surface area contributed by atoms with Gasteiger partial charge in [0.1, 0.15) is 5.76 Å². The van der Waals surface area contributed by atoms with Gasteiger partial charge in [-0.1, -0.05) is 60.7 Å². The smallest absolute Gasteiger partial charge is 0.126 e. The van der Waals surface area contributed by atoms with Crippen LogP contribution in [-0.4, -0.2) is 5.11 Å². The molecule has 0 saturated heterocycles. The van der Waals surface area contributed by atoms with Gasteiger partial charge < -0.3 is 5.11 Å². The second-order valence-corrected chi connectivity index (χ2v) is 7.28. The second kappa shape index (κ2) is 8.07. The minimum Gasteiger partial charge on any atom is -0.507 e. The van der Waals surface area contributed by atoms with Crippen LogP contribution in [0.2, 0.25) is 0 Å². The molecule has 2 rings (SSSR count). The minimum atomic E-state index is 0.377. The zero-order chi connectivity index (χ0) is 14.4. The number of aliphatic hydroxyl groups is 1. The van der Waals surface area contributed by atoms with Gasteiger partial charge in [0.25, 0.3) is 0 Å². The van der Waals surface area contributed by atoms with E-state index in [2.05, 4.69) is 35.0 Å². The van der Waals surface area contributed by atoms with Crippen LogP contribution in [0.1, 0.15) is 64.7 Å². The Labute approximate surface area is 132 Å². The SMILES string of the molecule is CCCCCC1CCC(C=C2C=CC(O)=C(Br)C2)CC1. The van der Waals surface area contributed by atoms with Crippen LogP contribution in [0.25, 0.3) is 0 Å². The lowest BCUT2D eigenvalue weighted by molar-refractivity contribution is 0.289. The fraction of sp³-hybridized carbons (Fsp3) is 0.667. The Morgan fingerprint density at radius 2 is 1.95 bits per heavy atom. The van der Waals surface area contributed by atoms with Crippen molar-refractivity contribution in [2.24, 2.45) is 11.8 Å². The monoisotopic (exact) mass is 338 g/mol. The van der Waals surface area contributed by atoms with Gasteiger partial charge in [0, 0.05) is 10.9 Å². The Balaban J connectivity index is 1.76. The van der Waals surface area contributed by atoms with Gasteiger partial charge in [0.05, 0.1) is 0 Å². The number of rotatable bonds is 5. The van der Waals surface area contributed by atoms with Crippen molar-refractivity contribution in [1.29, 1.82) is 0 Å². The molecule has 0 aromatic heterocycles. The van der Waals surface area contributed by atoms with E-state index in [-0.39, 0.29) is 0 Å². The van der Waals surface area contributed by atoms with Crippen molar-refractivity contribution in [3.63, 3.8) is 0 Å². The molecule has 2 aliphatic rings. The van der Waals surface area contributed by atoms with Gasteiger partial charge in [-0.25, -0.2) is 0 Å². The van der Waals surface area contributed by atoms with Crippen LogP contribution in [0.15, 0.2) is 34.0 Å². The molecule has 112 valence electrons. The van der Waals surface area contributed by atoms with Crippen molar-refractivity contribution >= 4 is 15.9 Å². The molecular weight excluding hydrogens is 312 g/mol. The van der Waals surface area contributed by atoms with Gasteiger partial charge in [0.2, 0.25) is 0 Å². The van der Waals surface area contributed by atoms with Gasteiger partial charge >= 0.3 is 0 Å². The van der Waals surface area contributed by atoms with Crippen molar-refractivity contribution in [3.8, 4) is 0 Å². The number of hydrogen-bond acceptors (Lipinski definition) is 1. The molecule has 1 N–H and O–H groups in total. The van der Waals surface area contributed by atoms with E-state index in [4.69, 9.17) is 0 Å². The Bertz CT molecular complexity index is 398. The van der Waals surface area contributed by atoms with Gasteiger partial charge in [-0.3, -0.25) is 0 Å². The maximum atomic E-state index is 9.56. The summed E-state index contributed by atoms with van der Waals surface area (Å²) < 4.78 is 0.916. The lowest BCUT2D eigenvalue weighted by Crippen LogP contribution is -2.13. The van der Waals surface area contributed by atoms with Crippen LogP contribution < -0.4 is 0 Å². The van der Waals surface area contributed by atoms with E-state index < -0.39 is 0 Å². The molecule has 0 atom stereocenters. The molecule has 0 aromatic carbocycles. The summed E-state index contributed by atoms with van der Waals surface area (Å²) in [6.45, 7) is 2.28. The summed E-state index contributed by atoms with van der Waals surface area (Å²) >= 11 is 3.44. The molecule has 0 bridgehead atoms. The molecule has 2 aliphatic carbocycles. The van der Waals surface area contributed by atoms with Crippen molar-refractivity contribution < 1.29 is 5.11 Å².